The zero-order valence-electron chi connectivity index (χ0n) is 11.2. The van der Waals surface area contributed by atoms with Gasteiger partial charge in [0.15, 0.2) is 11.5 Å². The van der Waals surface area contributed by atoms with Crippen molar-refractivity contribution in [3.05, 3.63) is 56.0 Å². The molecule has 0 bridgehead atoms. The number of rotatable bonds is 5. The Labute approximate surface area is 141 Å². The molecule has 2 rings (SSSR count). The van der Waals surface area contributed by atoms with E-state index in [1.54, 1.807) is 30.3 Å². The van der Waals surface area contributed by atoms with Crippen LogP contribution in [-0.4, -0.2) is 12.2 Å². The predicted molar refractivity (Wildman–Crippen MR) is 87.4 cm³/mol. The number of aliphatic hydroxyl groups excluding tert-OH is 1. The van der Waals surface area contributed by atoms with Crippen LogP contribution in [-0.2, 0) is 13.2 Å². The summed E-state index contributed by atoms with van der Waals surface area (Å²) in [5.74, 6) is 1.06. The molecule has 0 spiro atoms. The minimum Gasteiger partial charge on any atom is -0.493 e. The lowest BCUT2D eigenvalue weighted by atomic mass is 10.2. The maximum atomic E-state index is 9.20. The summed E-state index contributed by atoms with van der Waals surface area (Å²) in [5.41, 5.74) is 1.43. The van der Waals surface area contributed by atoms with Crippen LogP contribution in [0.15, 0.2) is 34.8 Å². The molecular weight excluding hydrogens is 379 g/mol. The average molecular weight is 392 g/mol. The van der Waals surface area contributed by atoms with Crippen molar-refractivity contribution in [3.8, 4) is 11.5 Å². The first kappa shape index (κ1) is 16.4. The highest BCUT2D eigenvalue weighted by Crippen LogP contribution is 2.38. The third-order valence-electron chi connectivity index (χ3n) is 2.89. The summed E-state index contributed by atoms with van der Waals surface area (Å²) in [5, 5.41) is 10.3. The average Bonchev–Trinajstić information content (AvgIpc) is 2.47. The van der Waals surface area contributed by atoms with E-state index in [-0.39, 0.29) is 13.2 Å². The van der Waals surface area contributed by atoms with E-state index < -0.39 is 0 Å². The lowest BCUT2D eigenvalue weighted by molar-refractivity contribution is 0.273. The van der Waals surface area contributed by atoms with Crippen molar-refractivity contribution < 1.29 is 14.6 Å². The molecule has 0 aromatic heterocycles. The second-order valence-electron chi connectivity index (χ2n) is 4.26. The summed E-state index contributed by atoms with van der Waals surface area (Å²) in [6.45, 7) is 0.136. The molecule has 0 aliphatic heterocycles. The molecule has 1 N–H and O–H groups in total. The van der Waals surface area contributed by atoms with Crippen LogP contribution in [0.3, 0.4) is 0 Å². The largest absolute Gasteiger partial charge is 0.493 e. The Morgan fingerprint density at radius 2 is 1.86 bits per heavy atom. The summed E-state index contributed by atoms with van der Waals surface area (Å²) < 4.78 is 11.8. The van der Waals surface area contributed by atoms with Gasteiger partial charge in [0.25, 0.3) is 0 Å². The molecule has 0 aliphatic carbocycles. The van der Waals surface area contributed by atoms with E-state index in [1.807, 2.05) is 0 Å². The fraction of sp³-hybridized carbons (Fsp3) is 0.200. The van der Waals surface area contributed by atoms with Crippen LogP contribution >= 0.6 is 39.1 Å². The lowest BCUT2D eigenvalue weighted by Gasteiger charge is -2.15. The zero-order chi connectivity index (χ0) is 15.4. The fourth-order valence-electron chi connectivity index (χ4n) is 1.82. The number of benzene rings is 2. The van der Waals surface area contributed by atoms with Gasteiger partial charge in [-0.3, -0.25) is 0 Å². The van der Waals surface area contributed by atoms with Crippen molar-refractivity contribution in [1.82, 2.24) is 0 Å². The normalized spacial score (nSPS) is 10.5. The van der Waals surface area contributed by atoms with Crippen molar-refractivity contribution in [2.45, 2.75) is 13.2 Å². The minimum atomic E-state index is -0.0778. The van der Waals surface area contributed by atoms with Crippen molar-refractivity contribution in [1.29, 1.82) is 0 Å². The summed E-state index contributed by atoms with van der Waals surface area (Å²) in [7, 11) is 1.54. The van der Waals surface area contributed by atoms with Crippen LogP contribution in [0.25, 0.3) is 0 Å². The number of hydrogen-bond acceptors (Lipinski definition) is 3. The molecule has 2 aromatic rings. The second kappa shape index (κ2) is 7.36. The van der Waals surface area contributed by atoms with Crippen LogP contribution in [0.2, 0.25) is 10.0 Å². The van der Waals surface area contributed by atoms with Gasteiger partial charge in [0.05, 0.1) is 18.2 Å². The van der Waals surface area contributed by atoms with Gasteiger partial charge < -0.3 is 14.6 Å². The molecule has 0 fully saturated rings. The van der Waals surface area contributed by atoms with Crippen molar-refractivity contribution in [2.24, 2.45) is 0 Å². The zero-order valence-corrected chi connectivity index (χ0v) is 14.3. The standard InChI is InChI=1S/C15H13BrCl2O3/c1-20-14-6-9(7-19)5-11(16)15(14)21-8-10-12(17)3-2-4-13(10)18/h2-6,19H,7-8H2,1H3. The van der Waals surface area contributed by atoms with E-state index in [0.717, 1.165) is 5.56 Å². The summed E-state index contributed by atoms with van der Waals surface area (Å²) in [6.07, 6.45) is 0. The number of hydrogen-bond donors (Lipinski definition) is 1. The van der Waals surface area contributed by atoms with Crippen LogP contribution in [0.4, 0.5) is 0 Å². The highest BCUT2D eigenvalue weighted by Gasteiger charge is 2.13. The molecule has 0 saturated heterocycles. The van der Waals surface area contributed by atoms with Gasteiger partial charge in [-0.1, -0.05) is 29.3 Å². The van der Waals surface area contributed by atoms with Crippen molar-refractivity contribution in [2.75, 3.05) is 7.11 Å². The van der Waals surface area contributed by atoms with Gasteiger partial charge in [0.1, 0.15) is 6.61 Å². The minimum absolute atomic E-state index is 0.0778. The van der Waals surface area contributed by atoms with Crippen LogP contribution in [0, 0.1) is 0 Å². The Morgan fingerprint density at radius 3 is 2.43 bits per heavy atom. The molecule has 0 atom stereocenters. The predicted octanol–water partition coefficient (Wildman–Crippen LogP) is 4.84. The monoisotopic (exact) mass is 390 g/mol. The van der Waals surface area contributed by atoms with Crippen molar-refractivity contribution >= 4 is 39.1 Å². The number of aliphatic hydroxyl groups is 1. The van der Waals surface area contributed by atoms with Crippen LogP contribution < -0.4 is 9.47 Å². The molecule has 112 valence electrons. The number of methoxy groups -OCH3 is 1. The SMILES string of the molecule is COc1cc(CO)cc(Br)c1OCc1c(Cl)cccc1Cl. The smallest absolute Gasteiger partial charge is 0.175 e. The van der Waals surface area contributed by atoms with Gasteiger partial charge in [-0.05, 0) is 45.8 Å². The first-order chi connectivity index (χ1) is 10.1. The fourth-order valence-corrected chi connectivity index (χ4v) is 2.93. The van der Waals surface area contributed by atoms with E-state index in [0.29, 0.717) is 31.6 Å². The van der Waals surface area contributed by atoms with E-state index >= 15 is 0 Å². The molecule has 0 aliphatic rings. The van der Waals surface area contributed by atoms with Crippen LogP contribution in [0.1, 0.15) is 11.1 Å². The van der Waals surface area contributed by atoms with Gasteiger partial charge in [-0.25, -0.2) is 0 Å². The maximum Gasteiger partial charge on any atom is 0.175 e. The van der Waals surface area contributed by atoms with E-state index in [2.05, 4.69) is 15.9 Å². The summed E-state index contributed by atoms with van der Waals surface area (Å²) in [4.78, 5) is 0. The third-order valence-corrected chi connectivity index (χ3v) is 4.19. The Hall–Kier alpha value is -0.940. The number of halogens is 3. The van der Waals surface area contributed by atoms with E-state index in [9.17, 15) is 5.11 Å². The van der Waals surface area contributed by atoms with Gasteiger partial charge >= 0.3 is 0 Å². The Balaban J connectivity index is 2.28. The summed E-state index contributed by atoms with van der Waals surface area (Å²) in [6, 6.07) is 8.78. The summed E-state index contributed by atoms with van der Waals surface area (Å²) >= 11 is 15.6. The van der Waals surface area contributed by atoms with Gasteiger partial charge in [-0.2, -0.15) is 0 Å². The Morgan fingerprint density at radius 1 is 1.19 bits per heavy atom. The highest BCUT2D eigenvalue weighted by atomic mass is 79.9. The molecular formula is C15H13BrCl2O3. The second-order valence-corrected chi connectivity index (χ2v) is 5.92. The van der Waals surface area contributed by atoms with Gasteiger partial charge in [0.2, 0.25) is 0 Å². The van der Waals surface area contributed by atoms with E-state index in [1.165, 1.54) is 7.11 Å². The number of ether oxygens (including phenoxy) is 2. The molecule has 0 unspecified atom stereocenters. The third kappa shape index (κ3) is 3.83. The lowest BCUT2D eigenvalue weighted by Crippen LogP contribution is -2.01. The first-order valence-electron chi connectivity index (χ1n) is 6.09. The maximum absolute atomic E-state index is 9.20. The highest BCUT2D eigenvalue weighted by molar-refractivity contribution is 9.10. The first-order valence-corrected chi connectivity index (χ1v) is 7.64. The molecule has 21 heavy (non-hydrogen) atoms. The van der Waals surface area contributed by atoms with Gasteiger partial charge in [0, 0.05) is 15.6 Å². The molecule has 6 heteroatoms. The molecule has 0 radical (unpaired) electrons. The van der Waals surface area contributed by atoms with E-state index in [4.69, 9.17) is 32.7 Å². The van der Waals surface area contributed by atoms with Crippen LogP contribution in [0.5, 0.6) is 11.5 Å². The molecule has 0 saturated carbocycles. The topological polar surface area (TPSA) is 38.7 Å². The Kier molecular flexibility index (Phi) is 5.76. The molecule has 0 heterocycles. The van der Waals surface area contributed by atoms with Crippen molar-refractivity contribution in [3.63, 3.8) is 0 Å². The molecule has 3 nitrogen and oxygen atoms in total. The quantitative estimate of drug-likeness (QED) is 0.792. The molecule has 2 aromatic carbocycles. The van der Waals surface area contributed by atoms with Gasteiger partial charge in [-0.15, -0.1) is 0 Å². The molecule has 0 amide bonds. The Bertz CT molecular complexity index is 627.